The van der Waals surface area contributed by atoms with E-state index in [0.717, 1.165) is 32.8 Å². The third-order valence-corrected chi connectivity index (χ3v) is 3.20. The Morgan fingerprint density at radius 1 is 1.16 bits per heavy atom. The molecule has 0 aliphatic heterocycles. The lowest BCUT2D eigenvalue weighted by molar-refractivity contribution is 0.199. The van der Waals surface area contributed by atoms with Gasteiger partial charge in [0.05, 0.1) is 13.2 Å². The number of nitrogens with zero attached hydrogens (tertiary/aromatic N) is 1. The van der Waals surface area contributed by atoms with E-state index in [0.29, 0.717) is 0 Å². The molecule has 4 heteroatoms. The number of methoxy groups -OCH3 is 2. The minimum atomic E-state index is 0.746. The third-order valence-electron chi connectivity index (χ3n) is 3.20. The fraction of sp³-hybridized carbons (Fsp3) is 0.600. The van der Waals surface area contributed by atoms with Crippen molar-refractivity contribution in [2.75, 3.05) is 52.5 Å². The van der Waals surface area contributed by atoms with Crippen molar-refractivity contribution in [2.45, 2.75) is 13.5 Å². The van der Waals surface area contributed by atoms with Gasteiger partial charge in [-0.3, -0.25) is 0 Å². The van der Waals surface area contributed by atoms with E-state index in [4.69, 9.17) is 9.47 Å². The Balaban J connectivity index is 2.53. The van der Waals surface area contributed by atoms with Crippen molar-refractivity contribution in [1.82, 2.24) is 5.32 Å². The van der Waals surface area contributed by atoms with Crippen LogP contribution in [0.15, 0.2) is 18.2 Å². The molecule has 0 aromatic heterocycles. The Hall–Kier alpha value is -1.10. The summed E-state index contributed by atoms with van der Waals surface area (Å²) in [6, 6.07) is 6.58. The molecule has 1 aromatic carbocycles. The molecule has 0 heterocycles. The molecule has 0 atom stereocenters. The molecule has 0 fully saturated rings. The van der Waals surface area contributed by atoms with E-state index in [-0.39, 0.29) is 0 Å². The Morgan fingerprint density at radius 3 is 2.53 bits per heavy atom. The lowest BCUT2D eigenvalue weighted by atomic mass is 10.1. The largest absolute Gasteiger partial charge is 0.383 e. The van der Waals surface area contributed by atoms with E-state index in [1.54, 1.807) is 14.2 Å². The molecule has 19 heavy (non-hydrogen) atoms. The van der Waals surface area contributed by atoms with Gasteiger partial charge in [0.2, 0.25) is 0 Å². The van der Waals surface area contributed by atoms with Gasteiger partial charge in [0.1, 0.15) is 0 Å². The summed E-state index contributed by atoms with van der Waals surface area (Å²) < 4.78 is 10.1. The number of nitrogens with one attached hydrogen (secondary N) is 1. The molecule has 0 aliphatic rings. The lowest BCUT2D eigenvalue weighted by Crippen LogP contribution is -2.22. The van der Waals surface area contributed by atoms with Crippen LogP contribution in [-0.4, -0.2) is 47.6 Å². The molecule has 1 N–H and O–H groups in total. The molecule has 0 unspecified atom stereocenters. The highest BCUT2D eigenvalue weighted by Gasteiger charge is 2.04. The maximum atomic E-state index is 5.10. The van der Waals surface area contributed by atoms with Gasteiger partial charge >= 0.3 is 0 Å². The first-order valence-electron chi connectivity index (χ1n) is 6.68. The van der Waals surface area contributed by atoms with Crippen LogP contribution in [0.25, 0.3) is 0 Å². The van der Waals surface area contributed by atoms with Gasteiger partial charge in [-0.05, 0) is 30.2 Å². The average molecular weight is 266 g/mol. The molecule has 0 saturated carbocycles. The van der Waals surface area contributed by atoms with Gasteiger partial charge in [0, 0.05) is 46.6 Å². The average Bonchev–Trinajstić information content (AvgIpc) is 2.42. The maximum Gasteiger partial charge on any atom is 0.0637 e. The van der Waals surface area contributed by atoms with Crippen LogP contribution in [0, 0.1) is 6.92 Å². The first kappa shape index (κ1) is 16.0. The molecule has 1 aromatic rings. The van der Waals surface area contributed by atoms with Crippen LogP contribution < -0.4 is 10.2 Å². The first-order chi connectivity index (χ1) is 9.19. The van der Waals surface area contributed by atoms with Crippen LogP contribution in [0.2, 0.25) is 0 Å². The van der Waals surface area contributed by atoms with Crippen LogP contribution >= 0.6 is 0 Å². The number of likely N-dealkylation sites (N-methyl/N-ethyl adjacent to an activating group) is 1. The zero-order valence-electron chi connectivity index (χ0n) is 12.5. The Labute approximate surface area is 116 Å². The SMILES string of the molecule is COCCNCc1ccc(N(C)CCOC)cc1C. The minimum absolute atomic E-state index is 0.746. The van der Waals surface area contributed by atoms with Gasteiger partial charge in [0.15, 0.2) is 0 Å². The van der Waals surface area contributed by atoms with E-state index in [9.17, 15) is 0 Å². The smallest absolute Gasteiger partial charge is 0.0637 e. The molecule has 0 bridgehead atoms. The zero-order chi connectivity index (χ0) is 14.1. The predicted octanol–water partition coefficient (Wildman–Crippen LogP) is 1.81. The summed E-state index contributed by atoms with van der Waals surface area (Å²) in [5, 5.41) is 3.37. The Kier molecular flexibility index (Phi) is 7.48. The van der Waals surface area contributed by atoms with Crippen molar-refractivity contribution in [1.29, 1.82) is 0 Å². The third kappa shape index (κ3) is 5.59. The summed E-state index contributed by atoms with van der Waals surface area (Å²) in [5.41, 5.74) is 3.88. The van der Waals surface area contributed by atoms with Gasteiger partial charge in [-0.1, -0.05) is 6.07 Å². The fourth-order valence-electron chi connectivity index (χ4n) is 1.87. The summed E-state index contributed by atoms with van der Waals surface area (Å²) in [7, 11) is 5.54. The topological polar surface area (TPSA) is 33.7 Å². The van der Waals surface area contributed by atoms with Gasteiger partial charge in [-0.25, -0.2) is 0 Å². The molecule has 0 spiro atoms. The molecule has 1 rings (SSSR count). The second-order valence-electron chi connectivity index (χ2n) is 4.69. The summed E-state index contributed by atoms with van der Waals surface area (Å²) in [5.74, 6) is 0. The van der Waals surface area contributed by atoms with Crippen molar-refractivity contribution in [3.8, 4) is 0 Å². The van der Waals surface area contributed by atoms with Gasteiger partial charge in [-0.2, -0.15) is 0 Å². The van der Waals surface area contributed by atoms with Gasteiger partial charge < -0.3 is 19.7 Å². The zero-order valence-corrected chi connectivity index (χ0v) is 12.5. The second-order valence-corrected chi connectivity index (χ2v) is 4.69. The fourth-order valence-corrected chi connectivity index (χ4v) is 1.87. The van der Waals surface area contributed by atoms with E-state index in [2.05, 4.69) is 42.4 Å². The van der Waals surface area contributed by atoms with Crippen LogP contribution in [0.5, 0.6) is 0 Å². The second kappa shape index (κ2) is 8.91. The molecule has 0 saturated heterocycles. The van der Waals surface area contributed by atoms with E-state index >= 15 is 0 Å². The van der Waals surface area contributed by atoms with Crippen LogP contribution in [0.4, 0.5) is 5.69 Å². The molecular weight excluding hydrogens is 240 g/mol. The molecule has 0 amide bonds. The number of benzene rings is 1. The standard InChI is InChI=1S/C15H26N2O2/c1-13-11-15(17(2)8-10-19-4)6-5-14(13)12-16-7-9-18-3/h5-6,11,16H,7-10,12H2,1-4H3. The van der Waals surface area contributed by atoms with E-state index in [1.165, 1.54) is 16.8 Å². The Bertz CT molecular complexity index is 369. The highest BCUT2D eigenvalue weighted by Crippen LogP contribution is 2.18. The highest BCUT2D eigenvalue weighted by atomic mass is 16.5. The van der Waals surface area contributed by atoms with E-state index in [1.807, 2.05) is 0 Å². The van der Waals surface area contributed by atoms with Crippen molar-refractivity contribution >= 4 is 5.69 Å². The lowest BCUT2D eigenvalue weighted by Gasteiger charge is -2.20. The quantitative estimate of drug-likeness (QED) is 0.691. The molecule has 108 valence electrons. The number of aryl methyl sites for hydroxylation is 1. The summed E-state index contributed by atoms with van der Waals surface area (Å²) >= 11 is 0. The molecule has 4 nitrogen and oxygen atoms in total. The molecule has 0 aliphatic carbocycles. The molecular formula is C15H26N2O2. The summed E-state index contributed by atoms with van der Waals surface area (Å²) in [6.07, 6.45) is 0. The molecule has 0 radical (unpaired) electrons. The van der Waals surface area contributed by atoms with Crippen molar-refractivity contribution in [2.24, 2.45) is 0 Å². The van der Waals surface area contributed by atoms with Crippen LogP contribution in [0.1, 0.15) is 11.1 Å². The normalized spacial score (nSPS) is 10.7. The number of hydrogen-bond donors (Lipinski definition) is 1. The summed E-state index contributed by atoms with van der Waals surface area (Å²) in [6.45, 7) is 6.32. The monoisotopic (exact) mass is 266 g/mol. The van der Waals surface area contributed by atoms with E-state index < -0.39 is 0 Å². The number of rotatable bonds is 9. The summed E-state index contributed by atoms with van der Waals surface area (Å²) in [4.78, 5) is 2.21. The minimum Gasteiger partial charge on any atom is -0.383 e. The number of anilines is 1. The van der Waals surface area contributed by atoms with Crippen LogP contribution in [0.3, 0.4) is 0 Å². The number of ether oxygens (including phenoxy) is 2. The predicted molar refractivity (Wildman–Crippen MR) is 79.9 cm³/mol. The Morgan fingerprint density at radius 2 is 1.89 bits per heavy atom. The van der Waals surface area contributed by atoms with Crippen molar-refractivity contribution in [3.05, 3.63) is 29.3 Å². The van der Waals surface area contributed by atoms with Crippen molar-refractivity contribution < 1.29 is 9.47 Å². The van der Waals surface area contributed by atoms with Gasteiger partial charge in [-0.15, -0.1) is 0 Å². The first-order valence-corrected chi connectivity index (χ1v) is 6.68. The van der Waals surface area contributed by atoms with Crippen molar-refractivity contribution in [3.63, 3.8) is 0 Å². The maximum absolute atomic E-state index is 5.10. The number of hydrogen-bond acceptors (Lipinski definition) is 4. The van der Waals surface area contributed by atoms with Crippen LogP contribution in [-0.2, 0) is 16.0 Å². The van der Waals surface area contributed by atoms with Gasteiger partial charge in [0.25, 0.3) is 0 Å². The highest BCUT2D eigenvalue weighted by molar-refractivity contribution is 5.50.